The molecule has 1 aliphatic rings. The molecule has 1 heterocycles. The van der Waals surface area contributed by atoms with Crippen LogP contribution in [0.25, 0.3) is 0 Å². The molecule has 0 unspecified atom stereocenters. The number of carbonyl (C=O) groups excluding carboxylic acids is 1. The Morgan fingerprint density at radius 3 is 2.72 bits per heavy atom. The monoisotopic (exact) mass is 342 g/mol. The highest BCUT2D eigenvalue weighted by Crippen LogP contribution is 2.43. The van der Waals surface area contributed by atoms with E-state index < -0.39 is 0 Å². The minimum Gasteiger partial charge on any atom is -0.493 e. The smallest absolute Gasteiger partial charge is 0.322 e. The van der Waals surface area contributed by atoms with Crippen LogP contribution in [-0.4, -0.2) is 43.4 Å². The van der Waals surface area contributed by atoms with Crippen molar-refractivity contribution in [3.8, 4) is 11.5 Å². The molecule has 0 saturated carbocycles. The summed E-state index contributed by atoms with van der Waals surface area (Å²) in [5, 5.41) is 12.6. The number of aliphatic hydroxyl groups is 1. The van der Waals surface area contributed by atoms with Crippen LogP contribution in [-0.2, 0) is 0 Å². The van der Waals surface area contributed by atoms with Gasteiger partial charge in [-0.15, -0.1) is 0 Å². The number of ether oxygens (including phenoxy) is 2. The lowest BCUT2D eigenvalue weighted by molar-refractivity contribution is 0.0719. The van der Waals surface area contributed by atoms with Crippen molar-refractivity contribution in [2.75, 3.05) is 32.7 Å². The van der Waals surface area contributed by atoms with Gasteiger partial charge in [0, 0.05) is 24.2 Å². The van der Waals surface area contributed by atoms with Gasteiger partial charge in [-0.25, -0.2) is 4.79 Å². The minimum absolute atomic E-state index is 0.0791. The molecule has 0 aromatic heterocycles. The van der Waals surface area contributed by atoms with Crippen LogP contribution in [0.3, 0.4) is 0 Å². The second-order valence-electron chi connectivity index (χ2n) is 5.98. The molecule has 1 aliphatic heterocycles. The Kier molecular flexibility index (Phi) is 5.09. The van der Waals surface area contributed by atoms with Crippen LogP contribution in [0.5, 0.6) is 11.5 Å². The zero-order chi connectivity index (χ0) is 17.8. The molecule has 25 heavy (non-hydrogen) atoms. The number of rotatable bonds is 4. The topological polar surface area (TPSA) is 71.0 Å². The van der Waals surface area contributed by atoms with Crippen LogP contribution in [0.1, 0.15) is 11.6 Å². The van der Waals surface area contributed by atoms with Gasteiger partial charge in [0.25, 0.3) is 0 Å². The highest BCUT2D eigenvalue weighted by atomic mass is 16.5. The SMILES string of the molecule is COc1cccc2c1OC[C@@H](CO)[C@@H]2N(C)C(=O)Nc1ccccc1. The molecule has 0 aliphatic carbocycles. The Labute approximate surface area is 147 Å². The maximum atomic E-state index is 12.7. The first kappa shape index (κ1) is 17.1. The molecule has 0 fully saturated rings. The molecule has 132 valence electrons. The van der Waals surface area contributed by atoms with Crippen LogP contribution in [0, 0.1) is 5.92 Å². The number of benzene rings is 2. The first-order chi connectivity index (χ1) is 12.2. The normalized spacial score (nSPS) is 18.7. The fraction of sp³-hybridized carbons (Fsp3) is 0.316. The van der Waals surface area contributed by atoms with Crippen molar-refractivity contribution in [3.05, 3.63) is 54.1 Å². The Hall–Kier alpha value is -2.73. The van der Waals surface area contributed by atoms with Gasteiger partial charge in [-0.3, -0.25) is 0 Å². The lowest BCUT2D eigenvalue weighted by Gasteiger charge is -2.38. The number of methoxy groups -OCH3 is 1. The molecule has 2 atom stereocenters. The molecular formula is C19H22N2O4. The van der Waals surface area contributed by atoms with Crippen molar-refractivity contribution in [1.29, 1.82) is 0 Å². The van der Waals surface area contributed by atoms with Gasteiger partial charge in [0.05, 0.1) is 26.4 Å². The van der Waals surface area contributed by atoms with Crippen LogP contribution in [0.2, 0.25) is 0 Å². The Morgan fingerprint density at radius 2 is 2.04 bits per heavy atom. The van der Waals surface area contributed by atoms with Crippen LogP contribution in [0.4, 0.5) is 10.5 Å². The van der Waals surface area contributed by atoms with Gasteiger partial charge >= 0.3 is 6.03 Å². The molecule has 2 amide bonds. The summed E-state index contributed by atoms with van der Waals surface area (Å²) in [6.45, 7) is 0.238. The average Bonchev–Trinajstić information content (AvgIpc) is 2.66. The van der Waals surface area contributed by atoms with E-state index in [4.69, 9.17) is 9.47 Å². The molecule has 2 N–H and O–H groups in total. The minimum atomic E-state index is -0.312. The maximum absolute atomic E-state index is 12.7. The summed E-state index contributed by atoms with van der Waals surface area (Å²) < 4.78 is 11.1. The summed E-state index contributed by atoms with van der Waals surface area (Å²) in [6.07, 6.45) is 0. The average molecular weight is 342 g/mol. The fourth-order valence-corrected chi connectivity index (χ4v) is 3.15. The van der Waals surface area contributed by atoms with Gasteiger partial charge in [-0.1, -0.05) is 30.3 Å². The molecule has 0 spiro atoms. The second-order valence-corrected chi connectivity index (χ2v) is 5.98. The lowest BCUT2D eigenvalue weighted by Crippen LogP contribution is -2.43. The summed E-state index contributed by atoms with van der Waals surface area (Å²) in [4.78, 5) is 14.3. The Balaban J connectivity index is 1.89. The van der Waals surface area contributed by atoms with E-state index in [0.717, 1.165) is 11.3 Å². The fourth-order valence-electron chi connectivity index (χ4n) is 3.15. The first-order valence-corrected chi connectivity index (χ1v) is 8.15. The van der Waals surface area contributed by atoms with E-state index in [9.17, 15) is 9.90 Å². The molecule has 6 heteroatoms. The molecule has 3 rings (SSSR count). The van der Waals surface area contributed by atoms with Gasteiger partial charge in [-0.05, 0) is 18.2 Å². The number of hydrogen-bond acceptors (Lipinski definition) is 4. The van der Waals surface area contributed by atoms with Crippen molar-refractivity contribution in [2.45, 2.75) is 6.04 Å². The van der Waals surface area contributed by atoms with E-state index >= 15 is 0 Å². The lowest BCUT2D eigenvalue weighted by atomic mass is 9.90. The number of carbonyl (C=O) groups is 1. The van der Waals surface area contributed by atoms with E-state index in [2.05, 4.69) is 5.32 Å². The number of anilines is 1. The van der Waals surface area contributed by atoms with Crippen LogP contribution in [0.15, 0.2) is 48.5 Å². The van der Waals surface area contributed by atoms with Gasteiger partial charge in [0.15, 0.2) is 11.5 Å². The summed E-state index contributed by atoms with van der Waals surface area (Å²) in [5.74, 6) is 1.03. The van der Waals surface area contributed by atoms with Gasteiger partial charge < -0.3 is 24.8 Å². The summed E-state index contributed by atoms with van der Waals surface area (Å²) in [6, 6.07) is 14.3. The van der Waals surface area contributed by atoms with Gasteiger partial charge in [0.1, 0.15) is 0 Å². The molecule has 6 nitrogen and oxygen atoms in total. The molecule has 0 radical (unpaired) electrons. The quantitative estimate of drug-likeness (QED) is 0.896. The summed E-state index contributed by atoms with van der Waals surface area (Å²) in [7, 11) is 3.30. The highest BCUT2D eigenvalue weighted by molar-refractivity contribution is 5.89. The molecule has 2 aromatic rings. The number of fused-ring (bicyclic) bond motifs is 1. The maximum Gasteiger partial charge on any atom is 0.322 e. The highest BCUT2D eigenvalue weighted by Gasteiger charge is 2.37. The molecule has 0 bridgehead atoms. The van der Waals surface area contributed by atoms with Crippen LogP contribution >= 0.6 is 0 Å². The number of urea groups is 1. The van der Waals surface area contributed by atoms with E-state index in [1.807, 2.05) is 48.5 Å². The van der Waals surface area contributed by atoms with Crippen molar-refractivity contribution in [1.82, 2.24) is 4.90 Å². The van der Waals surface area contributed by atoms with Gasteiger partial charge in [0.2, 0.25) is 0 Å². The van der Waals surface area contributed by atoms with Crippen molar-refractivity contribution in [2.24, 2.45) is 5.92 Å². The molecule has 0 saturated heterocycles. The third-order valence-corrected chi connectivity index (χ3v) is 4.43. The zero-order valence-electron chi connectivity index (χ0n) is 14.3. The second kappa shape index (κ2) is 7.44. The Bertz CT molecular complexity index is 735. The van der Waals surface area contributed by atoms with Crippen molar-refractivity contribution >= 4 is 11.7 Å². The number of para-hydroxylation sites is 2. The predicted octanol–water partition coefficient (Wildman–Crippen LogP) is 2.90. The van der Waals surface area contributed by atoms with E-state index in [1.54, 1.807) is 19.1 Å². The predicted molar refractivity (Wildman–Crippen MR) is 95.0 cm³/mol. The zero-order valence-corrected chi connectivity index (χ0v) is 14.3. The Morgan fingerprint density at radius 1 is 1.28 bits per heavy atom. The standard InChI is InChI=1S/C19H22N2O4/c1-21(19(23)20-14-7-4-3-5-8-14)17-13(11-22)12-25-18-15(17)9-6-10-16(18)24-2/h3-10,13,17,22H,11-12H2,1-2H3,(H,20,23)/t13-,17+/m1/s1. The number of nitrogens with zero attached hydrogens (tertiary/aromatic N) is 1. The third-order valence-electron chi connectivity index (χ3n) is 4.43. The third kappa shape index (κ3) is 3.39. The van der Waals surface area contributed by atoms with E-state index in [-0.39, 0.29) is 24.6 Å². The first-order valence-electron chi connectivity index (χ1n) is 8.15. The molecule has 2 aromatic carbocycles. The number of amides is 2. The number of hydrogen-bond donors (Lipinski definition) is 2. The van der Waals surface area contributed by atoms with Gasteiger partial charge in [-0.2, -0.15) is 0 Å². The van der Waals surface area contributed by atoms with Crippen molar-refractivity contribution in [3.63, 3.8) is 0 Å². The van der Waals surface area contributed by atoms with E-state index in [1.165, 1.54) is 0 Å². The van der Waals surface area contributed by atoms with E-state index in [0.29, 0.717) is 18.1 Å². The molecular weight excluding hydrogens is 320 g/mol. The number of aliphatic hydroxyl groups excluding tert-OH is 1. The summed E-state index contributed by atoms with van der Waals surface area (Å²) >= 11 is 0. The number of nitrogens with one attached hydrogen (secondary N) is 1. The van der Waals surface area contributed by atoms with Crippen LogP contribution < -0.4 is 14.8 Å². The van der Waals surface area contributed by atoms with Crippen molar-refractivity contribution < 1.29 is 19.4 Å². The largest absolute Gasteiger partial charge is 0.493 e. The summed E-state index contributed by atoms with van der Waals surface area (Å²) in [5.41, 5.74) is 1.55.